The number of benzene rings is 2. The molecular formula is C18H22FN. The summed E-state index contributed by atoms with van der Waals surface area (Å²) in [5, 5.41) is 3.45. The summed E-state index contributed by atoms with van der Waals surface area (Å²) in [6.07, 6.45) is 2.01. The molecule has 0 saturated carbocycles. The number of aryl methyl sites for hydroxylation is 1. The van der Waals surface area contributed by atoms with Gasteiger partial charge < -0.3 is 5.32 Å². The lowest BCUT2D eigenvalue weighted by molar-refractivity contribution is 0.618. The van der Waals surface area contributed by atoms with E-state index in [2.05, 4.69) is 43.4 Å². The van der Waals surface area contributed by atoms with Crippen LogP contribution in [0.5, 0.6) is 0 Å². The fraction of sp³-hybridized carbons (Fsp3) is 0.333. The Balaban J connectivity index is 2.21. The van der Waals surface area contributed by atoms with Gasteiger partial charge in [-0.3, -0.25) is 0 Å². The molecule has 2 aromatic rings. The highest BCUT2D eigenvalue weighted by atomic mass is 19.1. The first-order valence-corrected chi connectivity index (χ1v) is 7.26. The van der Waals surface area contributed by atoms with E-state index >= 15 is 0 Å². The van der Waals surface area contributed by atoms with E-state index in [1.807, 2.05) is 13.0 Å². The number of anilines is 1. The van der Waals surface area contributed by atoms with Crippen LogP contribution in [-0.2, 0) is 6.42 Å². The van der Waals surface area contributed by atoms with Gasteiger partial charge in [-0.25, -0.2) is 4.39 Å². The zero-order valence-corrected chi connectivity index (χ0v) is 12.4. The summed E-state index contributed by atoms with van der Waals surface area (Å²) >= 11 is 0. The van der Waals surface area contributed by atoms with E-state index in [1.165, 1.54) is 17.2 Å². The maximum absolute atomic E-state index is 13.6. The second-order valence-electron chi connectivity index (χ2n) is 5.11. The fourth-order valence-corrected chi connectivity index (χ4v) is 2.36. The molecule has 0 aliphatic rings. The lowest BCUT2D eigenvalue weighted by Crippen LogP contribution is -2.11. The fourth-order valence-electron chi connectivity index (χ4n) is 2.36. The summed E-state index contributed by atoms with van der Waals surface area (Å²) in [5.41, 5.74) is 4.13. The summed E-state index contributed by atoms with van der Waals surface area (Å²) in [6, 6.07) is 14.0. The van der Waals surface area contributed by atoms with Crippen LogP contribution in [0.3, 0.4) is 0 Å². The number of hydrogen-bond acceptors (Lipinski definition) is 1. The minimum absolute atomic E-state index is 0.161. The van der Waals surface area contributed by atoms with Crippen molar-refractivity contribution in [3.05, 3.63) is 65.0 Å². The maximum Gasteiger partial charge on any atom is 0.128 e. The van der Waals surface area contributed by atoms with Crippen LogP contribution in [0.15, 0.2) is 42.5 Å². The van der Waals surface area contributed by atoms with E-state index in [9.17, 15) is 4.39 Å². The Kier molecular flexibility index (Phi) is 4.78. The van der Waals surface area contributed by atoms with Crippen molar-refractivity contribution in [3.8, 4) is 0 Å². The SMILES string of the molecule is CCc1ccc(C(CC)Nc2cccc(F)c2C)cc1. The Labute approximate surface area is 120 Å². The third-order valence-corrected chi connectivity index (χ3v) is 3.80. The smallest absolute Gasteiger partial charge is 0.128 e. The van der Waals surface area contributed by atoms with Crippen molar-refractivity contribution in [1.82, 2.24) is 0 Å². The first kappa shape index (κ1) is 14.6. The Morgan fingerprint density at radius 3 is 2.35 bits per heavy atom. The van der Waals surface area contributed by atoms with Crippen LogP contribution in [0.25, 0.3) is 0 Å². The predicted molar refractivity (Wildman–Crippen MR) is 83.6 cm³/mol. The number of nitrogens with one attached hydrogen (secondary N) is 1. The average molecular weight is 271 g/mol. The van der Waals surface area contributed by atoms with Crippen LogP contribution in [0, 0.1) is 12.7 Å². The molecule has 106 valence electrons. The molecule has 1 nitrogen and oxygen atoms in total. The highest BCUT2D eigenvalue weighted by Crippen LogP contribution is 2.26. The molecule has 20 heavy (non-hydrogen) atoms. The molecule has 0 aliphatic heterocycles. The maximum atomic E-state index is 13.6. The molecule has 1 unspecified atom stereocenters. The highest BCUT2D eigenvalue weighted by Gasteiger charge is 2.11. The van der Waals surface area contributed by atoms with Gasteiger partial charge in [0.2, 0.25) is 0 Å². The topological polar surface area (TPSA) is 12.0 Å². The van der Waals surface area contributed by atoms with Gasteiger partial charge in [0.05, 0.1) is 6.04 Å². The van der Waals surface area contributed by atoms with E-state index in [-0.39, 0.29) is 11.9 Å². The monoisotopic (exact) mass is 271 g/mol. The second kappa shape index (κ2) is 6.56. The van der Waals surface area contributed by atoms with Gasteiger partial charge in [0.25, 0.3) is 0 Å². The van der Waals surface area contributed by atoms with E-state index in [4.69, 9.17) is 0 Å². The Hall–Kier alpha value is -1.83. The molecule has 0 spiro atoms. The van der Waals surface area contributed by atoms with Gasteiger partial charge in [-0.15, -0.1) is 0 Å². The quantitative estimate of drug-likeness (QED) is 0.782. The number of hydrogen-bond donors (Lipinski definition) is 1. The second-order valence-corrected chi connectivity index (χ2v) is 5.11. The minimum Gasteiger partial charge on any atom is -0.378 e. The van der Waals surface area contributed by atoms with Crippen molar-refractivity contribution in [2.24, 2.45) is 0 Å². The molecular weight excluding hydrogens is 249 g/mol. The molecule has 0 radical (unpaired) electrons. The first-order chi connectivity index (χ1) is 9.65. The molecule has 0 amide bonds. The minimum atomic E-state index is -0.161. The van der Waals surface area contributed by atoms with Crippen LogP contribution in [0.4, 0.5) is 10.1 Å². The largest absolute Gasteiger partial charge is 0.378 e. The molecule has 1 atom stereocenters. The lowest BCUT2D eigenvalue weighted by Gasteiger charge is -2.20. The van der Waals surface area contributed by atoms with Crippen LogP contribution in [-0.4, -0.2) is 0 Å². The lowest BCUT2D eigenvalue weighted by atomic mass is 10.0. The van der Waals surface area contributed by atoms with Crippen LogP contribution < -0.4 is 5.32 Å². The van der Waals surface area contributed by atoms with E-state index in [1.54, 1.807) is 6.07 Å². The van der Waals surface area contributed by atoms with E-state index in [0.29, 0.717) is 5.56 Å². The molecule has 2 rings (SSSR count). The van der Waals surface area contributed by atoms with Crippen molar-refractivity contribution >= 4 is 5.69 Å². The standard InChI is InChI=1S/C18H22FN/c1-4-14-9-11-15(12-10-14)17(5-2)20-18-8-6-7-16(19)13(18)3/h6-12,17,20H,4-5H2,1-3H3. The van der Waals surface area contributed by atoms with Gasteiger partial charge in [-0.1, -0.05) is 44.2 Å². The van der Waals surface area contributed by atoms with Gasteiger partial charge >= 0.3 is 0 Å². The van der Waals surface area contributed by atoms with E-state index in [0.717, 1.165) is 18.5 Å². The van der Waals surface area contributed by atoms with E-state index < -0.39 is 0 Å². The summed E-state index contributed by atoms with van der Waals surface area (Å²) in [7, 11) is 0. The summed E-state index contributed by atoms with van der Waals surface area (Å²) in [6.45, 7) is 6.10. The van der Waals surface area contributed by atoms with Gasteiger partial charge in [0, 0.05) is 11.3 Å². The molecule has 0 fully saturated rings. The highest BCUT2D eigenvalue weighted by molar-refractivity contribution is 5.52. The van der Waals surface area contributed by atoms with Crippen molar-refractivity contribution in [1.29, 1.82) is 0 Å². The Morgan fingerprint density at radius 2 is 1.75 bits per heavy atom. The molecule has 0 saturated heterocycles. The summed E-state index contributed by atoms with van der Waals surface area (Å²) in [4.78, 5) is 0. The molecule has 2 heteroatoms. The van der Waals surface area contributed by atoms with Crippen molar-refractivity contribution in [2.75, 3.05) is 5.32 Å². The first-order valence-electron chi connectivity index (χ1n) is 7.26. The van der Waals surface area contributed by atoms with Crippen LogP contribution in [0.1, 0.15) is 43.0 Å². The van der Waals surface area contributed by atoms with Gasteiger partial charge in [0.1, 0.15) is 5.82 Å². The average Bonchev–Trinajstić information content (AvgIpc) is 2.49. The Morgan fingerprint density at radius 1 is 1.05 bits per heavy atom. The molecule has 0 aliphatic carbocycles. The van der Waals surface area contributed by atoms with Crippen LogP contribution >= 0.6 is 0 Å². The molecule has 0 bridgehead atoms. The third-order valence-electron chi connectivity index (χ3n) is 3.80. The van der Waals surface area contributed by atoms with Gasteiger partial charge in [0.15, 0.2) is 0 Å². The Bertz CT molecular complexity index is 560. The molecule has 2 aromatic carbocycles. The van der Waals surface area contributed by atoms with Crippen molar-refractivity contribution in [3.63, 3.8) is 0 Å². The number of halogens is 1. The normalized spacial score (nSPS) is 12.2. The summed E-state index contributed by atoms with van der Waals surface area (Å²) in [5.74, 6) is -0.161. The van der Waals surface area contributed by atoms with Crippen molar-refractivity contribution in [2.45, 2.75) is 39.7 Å². The molecule has 1 N–H and O–H groups in total. The van der Waals surface area contributed by atoms with Crippen LogP contribution in [0.2, 0.25) is 0 Å². The summed E-state index contributed by atoms with van der Waals surface area (Å²) < 4.78 is 13.6. The van der Waals surface area contributed by atoms with Gasteiger partial charge in [-0.05, 0) is 43.0 Å². The van der Waals surface area contributed by atoms with Crippen molar-refractivity contribution < 1.29 is 4.39 Å². The van der Waals surface area contributed by atoms with Gasteiger partial charge in [-0.2, -0.15) is 0 Å². The molecule has 0 heterocycles. The third kappa shape index (κ3) is 3.19. The zero-order valence-electron chi connectivity index (χ0n) is 12.4. The predicted octanol–water partition coefficient (Wildman–Crippen LogP) is 5.26. The number of rotatable bonds is 5. The molecule has 0 aromatic heterocycles. The zero-order chi connectivity index (χ0) is 14.5.